The Bertz CT molecular complexity index is 877. The molecule has 26 heavy (non-hydrogen) atoms. The molecule has 1 N–H and O–H groups in total. The van der Waals surface area contributed by atoms with Crippen LogP contribution in [0.4, 0.5) is 5.69 Å². The van der Waals surface area contributed by atoms with Crippen LogP contribution in [-0.2, 0) is 9.59 Å². The van der Waals surface area contributed by atoms with E-state index in [0.717, 1.165) is 0 Å². The third-order valence-electron chi connectivity index (χ3n) is 3.94. The van der Waals surface area contributed by atoms with Crippen molar-refractivity contribution < 1.29 is 23.8 Å². The standard InChI is InChI=1S/C19H18N2O5/c1-24-15-11-17(26-3)16(25-2)10-12(15)9-14-18(22)20-21(19(14)23)13-7-5-4-6-8-13/h4-11H,1-3H3,(H,20,22)/b14-9-. The smallest absolute Gasteiger partial charge is 0.282 e. The highest BCUT2D eigenvalue weighted by atomic mass is 16.5. The largest absolute Gasteiger partial charge is 0.496 e. The van der Waals surface area contributed by atoms with Crippen LogP contribution in [0.5, 0.6) is 17.2 Å². The fourth-order valence-corrected chi connectivity index (χ4v) is 2.64. The molecule has 7 heteroatoms. The SMILES string of the molecule is COc1cc(OC)c(OC)cc1/C=C1/C(=O)NN(c2ccccc2)C1=O. The molecule has 0 aromatic heterocycles. The summed E-state index contributed by atoms with van der Waals surface area (Å²) in [5.74, 6) is 0.466. The van der Waals surface area contributed by atoms with Gasteiger partial charge in [0.15, 0.2) is 11.5 Å². The number of nitrogens with one attached hydrogen (secondary N) is 1. The van der Waals surface area contributed by atoms with E-state index in [9.17, 15) is 9.59 Å². The fourth-order valence-electron chi connectivity index (χ4n) is 2.64. The van der Waals surface area contributed by atoms with E-state index >= 15 is 0 Å². The van der Waals surface area contributed by atoms with Crippen molar-refractivity contribution in [2.45, 2.75) is 0 Å². The van der Waals surface area contributed by atoms with Gasteiger partial charge in [0, 0.05) is 11.6 Å². The zero-order valence-electron chi connectivity index (χ0n) is 14.6. The third kappa shape index (κ3) is 3.06. The lowest BCUT2D eigenvalue weighted by atomic mass is 10.1. The van der Waals surface area contributed by atoms with Gasteiger partial charge in [-0.3, -0.25) is 15.0 Å². The van der Waals surface area contributed by atoms with E-state index in [2.05, 4.69) is 5.43 Å². The second-order valence-electron chi connectivity index (χ2n) is 5.42. The van der Waals surface area contributed by atoms with Crippen LogP contribution < -0.4 is 24.6 Å². The number of hydrogen-bond donors (Lipinski definition) is 1. The van der Waals surface area contributed by atoms with Gasteiger partial charge in [0.25, 0.3) is 11.8 Å². The van der Waals surface area contributed by atoms with E-state index < -0.39 is 11.8 Å². The number of carbonyl (C=O) groups excluding carboxylic acids is 2. The van der Waals surface area contributed by atoms with Gasteiger partial charge in [-0.15, -0.1) is 0 Å². The van der Waals surface area contributed by atoms with Gasteiger partial charge in [0.1, 0.15) is 11.3 Å². The lowest BCUT2D eigenvalue weighted by Gasteiger charge is -2.14. The van der Waals surface area contributed by atoms with Crippen molar-refractivity contribution in [3.63, 3.8) is 0 Å². The highest BCUT2D eigenvalue weighted by molar-refractivity contribution is 6.31. The Balaban J connectivity index is 2.02. The number of amides is 2. The summed E-state index contributed by atoms with van der Waals surface area (Å²) in [7, 11) is 4.52. The van der Waals surface area contributed by atoms with Crippen molar-refractivity contribution >= 4 is 23.6 Å². The molecule has 2 amide bonds. The van der Waals surface area contributed by atoms with E-state index in [1.54, 1.807) is 36.4 Å². The molecule has 0 radical (unpaired) electrons. The van der Waals surface area contributed by atoms with Gasteiger partial charge >= 0.3 is 0 Å². The summed E-state index contributed by atoms with van der Waals surface area (Å²) >= 11 is 0. The monoisotopic (exact) mass is 354 g/mol. The zero-order valence-corrected chi connectivity index (χ0v) is 14.6. The normalized spacial score (nSPS) is 15.2. The highest BCUT2D eigenvalue weighted by Crippen LogP contribution is 2.36. The molecule has 7 nitrogen and oxygen atoms in total. The van der Waals surface area contributed by atoms with Crippen LogP contribution in [0.3, 0.4) is 0 Å². The van der Waals surface area contributed by atoms with Crippen LogP contribution in [-0.4, -0.2) is 33.1 Å². The Labute approximate surface area is 150 Å². The first-order valence-electron chi connectivity index (χ1n) is 7.81. The van der Waals surface area contributed by atoms with Crippen molar-refractivity contribution in [2.24, 2.45) is 0 Å². The minimum Gasteiger partial charge on any atom is -0.496 e. The Kier molecular flexibility index (Phi) is 4.79. The number of methoxy groups -OCH3 is 3. The van der Waals surface area contributed by atoms with Crippen LogP contribution in [0.2, 0.25) is 0 Å². The van der Waals surface area contributed by atoms with Gasteiger partial charge < -0.3 is 14.2 Å². The van der Waals surface area contributed by atoms with Gasteiger partial charge in [0.2, 0.25) is 0 Å². The molecule has 0 spiro atoms. The van der Waals surface area contributed by atoms with Gasteiger partial charge in [-0.25, -0.2) is 5.01 Å². The first-order valence-corrected chi connectivity index (χ1v) is 7.81. The molecular weight excluding hydrogens is 336 g/mol. The van der Waals surface area contributed by atoms with E-state index in [1.165, 1.54) is 32.4 Å². The van der Waals surface area contributed by atoms with Crippen molar-refractivity contribution in [1.82, 2.24) is 5.43 Å². The number of hydrazine groups is 1. The Morgan fingerprint density at radius 3 is 2.12 bits per heavy atom. The van der Waals surface area contributed by atoms with Gasteiger partial charge in [-0.2, -0.15) is 0 Å². The Morgan fingerprint density at radius 1 is 0.885 bits per heavy atom. The minimum absolute atomic E-state index is 0.000581. The van der Waals surface area contributed by atoms with E-state index in [0.29, 0.717) is 28.5 Å². The molecule has 0 saturated carbocycles. The average molecular weight is 354 g/mol. The molecule has 1 saturated heterocycles. The fraction of sp³-hybridized carbons (Fsp3) is 0.158. The van der Waals surface area contributed by atoms with Crippen LogP contribution in [0.1, 0.15) is 5.56 Å². The third-order valence-corrected chi connectivity index (χ3v) is 3.94. The van der Waals surface area contributed by atoms with Crippen molar-refractivity contribution in [2.75, 3.05) is 26.3 Å². The highest BCUT2D eigenvalue weighted by Gasteiger charge is 2.34. The van der Waals surface area contributed by atoms with E-state index in [1.807, 2.05) is 6.07 Å². The van der Waals surface area contributed by atoms with Crippen LogP contribution in [0.15, 0.2) is 48.0 Å². The molecule has 1 aliphatic rings. The summed E-state index contributed by atoms with van der Waals surface area (Å²) in [6, 6.07) is 12.2. The van der Waals surface area contributed by atoms with Gasteiger partial charge in [-0.1, -0.05) is 18.2 Å². The van der Waals surface area contributed by atoms with Crippen molar-refractivity contribution in [3.05, 3.63) is 53.6 Å². The molecule has 1 fully saturated rings. The predicted molar refractivity (Wildman–Crippen MR) is 96.1 cm³/mol. The minimum atomic E-state index is -0.490. The van der Waals surface area contributed by atoms with Gasteiger partial charge in [-0.05, 0) is 24.3 Å². The number of nitrogens with zero attached hydrogens (tertiary/aromatic N) is 1. The van der Waals surface area contributed by atoms with Crippen LogP contribution in [0.25, 0.3) is 6.08 Å². The number of carbonyl (C=O) groups is 2. The molecule has 134 valence electrons. The lowest BCUT2D eigenvalue weighted by Crippen LogP contribution is -2.35. The zero-order chi connectivity index (χ0) is 18.7. The molecule has 0 bridgehead atoms. The summed E-state index contributed by atoms with van der Waals surface area (Å²) in [6.07, 6.45) is 1.47. The number of benzene rings is 2. The number of hydrogen-bond acceptors (Lipinski definition) is 5. The summed E-state index contributed by atoms with van der Waals surface area (Å²) < 4.78 is 15.9. The van der Waals surface area contributed by atoms with Crippen LogP contribution in [0, 0.1) is 0 Å². The maximum absolute atomic E-state index is 12.7. The number of para-hydroxylation sites is 1. The first-order chi connectivity index (χ1) is 12.6. The molecule has 2 aromatic rings. The molecule has 0 unspecified atom stereocenters. The molecule has 0 atom stereocenters. The Morgan fingerprint density at radius 2 is 1.50 bits per heavy atom. The van der Waals surface area contributed by atoms with Gasteiger partial charge in [0.05, 0.1) is 27.0 Å². The molecule has 2 aromatic carbocycles. The maximum Gasteiger partial charge on any atom is 0.282 e. The second kappa shape index (κ2) is 7.18. The predicted octanol–water partition coefficient (Wildman–Crippen LogP) is 2.17. The van der Waals surface area contributed by atoms with E-state index in [-0.39, 0.29) is 5.57 Å². The summed E-state index contributed by atoms with van der Waals surface area (Å²) in [5, 5.41) is 1.21. The first kappa shape index (κ1) is 17.3. The van der Waals surface area contributed by atoms with Crippen LogP contribution >= 0.6 is 0 Å². The summed E-state index contributed by atoms with van der Waals surface area (Å²) in [6.45, 7) is 0. The number of ether oxygens (including phenoxy) is 3. The number of anilines is 1. The Hall–Kier alpha value is -3.48. The molecular formula is C19H18N2O5. The average Bonchev–Trinajstić information content (AvgIpc) is 2.96. The quantitative estimate of drug-likeness (QED) is 0.658. The van der Waals surface area contributed by atoms with E-state index in [4.69, 9.17) is 14.2 Å². The number of rotatable bonds is 5. The second-order valence-corrected chi connectivity index (χ2v) is 5.42. The van der Waals surface area contributed by atoms with Crippen molar-refractivity contribution in [3.8, 4) is 17.2 Å². The topological polar surface area (TPSA) is 77.1 Å². The summed E-state index contributed by atoms with van der Waals surface area (Å²) in [4.78, 5) is 25.0. The van der Waals surface area contributed by atoms with Crippen molar-refractivity contribution in [1.29, 1.82) is 0 Å². The molecule has 0 aliphatic carbocycles. The maximum atomic E-state index is 12.7. The molecule has 1 heterocycles. The lowest BCUT2D eigenvalue weighted by molar-refractivity contribution is -0.117. The molecule has 3 rings (SSSR count). The molecule has 1 aliphatic heterocycles. The summed E-state index contributed by atoms with van der Waals surface area (Å²) in [5.41, 5.74) is 3.66.